The molecule has 1 amide bonds. The zero-order valence-corrected chi connectivity index (χ0v) is 17.1. The molecule has 0 spiro atoms. The van der Waals surface area contributed by atoms with Crippen LogP contribution in [0.15, 0.2) is 40.9 Å². The largest absolute Gasteiger partial charge is 0.496 e. The van der Waals surface area contributed by atoms with Gasteiger partial charge in [-0.25, -0.2) is 0 Å². The van der Waals surface area contributed by atoms with Crippen molar-refractivity contribution in [3.05, 3.63) is 53.4 Å². The molecular weight excluding hydrogens is 374 g/mol. The summed E-state index contributed by atoms with van der Waals surface area (Å²) >= 11 is 0. The fourth-order valence-corrected chi connectivity index (χ4v) is 2.82. The van der Waals surface area contributed by atoms with E-state index in [2.05, 4.69) is 10.1 Å². The van der Waals surface area contributed by atoms with Gasteiger partial charge in [0.15, 0.2) is 11.5 Å². The molecule has 0 atom stereocenters. The van der Waals surface area contributed by atoms with E-state index in [0.29, 0.717) is 34.5 Å². The fourth-order valence-electron chi connectivity index (χ4n) is 2.82. The Labute approximate surface area is 169 Å². The third-order valence-corrected chi connectivity index (χ3v) is 4.43. The summed E-state index contributed by atoms with van der Waals surface area (Å²) in [5.41, 5.74) is 2.33. The standard InChI is InChI=1S/C21H23N3O5/c1-13-6-8-14(9-7-13)20-22-19(29-23-20)12-24(2)21(25)15-10-17(27-4)18(28-5)11-16(15)26-3/h6-11H,12H2,1-5H3. The van der Waals surface area contributed by atoms with Crippen molar-refractivity contribution in [2.24, 2.45) is 0 Å². The van der Waals surface area contributed by atoms with Gasteiger partial charge in [0.1, 0.15) is 12.3 Å². The molecule has 0 saturated heterocycles. The molecule has 0 radical (unpaired) electrons. The number of carbonyl (C=O) groups excluding carboxylic acids is 1. The molecule has 0 aliphatic rings. The zero-order chi connectivity index (χ0) is 21.0. The molecule has 8 heteroatoms. The average Bonchev–Trinajstić information content (AvgIpc) is 3.20. The number of aromatic nitrogens is 2. The first-order valence-electron chi connectivity index (χ1n) is 8.92. The Kier molecular flexibility index (Phi) is 6.01. The predicted octanol–water partition coefficient (Wildman–Crippen LogP) is 3.34. The molecule has 0 fully saturated rings. The van der Waals surface area contributed by atoms with Gasteiger partial charge < -0.3 is 23.6 Å². The first kappa shape index (κ1) is 20.2. The summed E-state index contributed by atoms with van der Waals surface area (Å²) in [6.45, 7) is 2.16. The molecule has 0 aliphatic heterocycles. The number of methoxy groups -OCH3 is 3. The Morgan fingerprint density at radius 2 is 1.62 bits per heavy atom. The number of hydrogen-bond donors (Lipinski definition) is 0. The van der Waals surface area contributed by atoms with Crippen molar-refractivity contribution in [1.29, 1.82) is 0 Å². The fraction of sp³-hybridized carbons (Fsp3) is 0.286. The summed E-state index contributed by atoms with van der Waals surface area (Å²) in [4.78, 5) is 18.8. The Balaban J connectivity index is 1.80. The number of carbonyl (C=O) groups is 1. The van der Waals surface area contributed by atoms with E-state index in [1.54, 1.807) is 19.2 Å². The maximum atomic E-state index is 13.0. The molecule has 3 aromatic rings. The quantitative estimate of drug-likeness (QED) is 0.604. The van der Waals surface area contributed by atoms with Gasteiger partial charge in [-0.05, 0) is 6.92 Å². The van der Waals surface area contributed by atoms with Crippen LogP contribution in [0.5, 0.6) is 17.2 Å². The Bertz CT molecular complexity index is 998. The van der Waals surface area contributed by atoms with Crippen LogP contribution in [0.3, 0.4) is 0 Å². The monoisotopic (exact) mass is 397 g/mol. The Morgan fingerprint density at radius 1 is 1.00 bits per heavy atom. The van der Waals surface area contributed by atoms with Gasteiger partial charge in [0, 0.05) is 24.7 Å². The first-order valence-corrected chi connectivity index (χ1v) is 8.92. The lowest BCUT2D eigenvalue weighted by Crippen LogP contribution is -2.26. The zero-order valence-electron chi connectivity index (χ0n) is 17.1. The third-order valence-electron chi connectivity index (χ3n) is 4.43. The molecule has 0 saturated carbocycles. The van der Waals surface area contributed by atoms with Crippen LogP contribution in [0.4, 0.5) is 0 Å². The molecular formula is C21H23N3O5. The Hall–Kier alpha value is -3.55. The molecule has 152 valence electrons. The molecule has 0 unspecified atom stereocenters. The van der Waals surface area contributed by atoms with Crippen LogP contribution < -0.4 is 14.2 Å². The molecule has 29 heavy (non-hydrogen) atoms. The summed E-state index contributed by atoms with van der Waals surface area (Å²) < 4.78 is 21.2. The van der Waals surface area contributed by atoms with Gasteiger partial charge in [-0.3, -0.25) is 4.79 Å². The van der Waals surface area contributed by atoms with Gasteiger partial charge in [-0.15, -0.1) is 0 Å². The van der Waals surface area contributed by atoms with E-state index in [4.69, 9.17) is 18.7 Å². The van der Waals surface area contributed by atoms with Crippen LogP contribution >= 0.6 is 0 Å². The van der Waals surface area contributed by atoms with Crippen LogP contribution in [-0.4, -0.2) is 49.3 Å². The molecule has 0 bridgehead atoms. The Morgan fingerprint density at radius 3 is 2.24 bits per heavy atom. The van der Waals surface area contributed by atoms with E-state index in [-0.39, 0.29) is 12.5 Å². The second-order valence-electron chi connectivity index (χ2n) is 6.45. The highest BCUT2D eigenvalue weighted by atomic mass is 16.5. The number of benzene rings is 2. The number of hydrogen-bond acceptors (Lipinski definition) is 7. The number of nitrogens with zero attached hydrogens (tertiary/aromatic N) is 3. The van der Waals surface area contributed by atoms with Crippen molar-refractivity contribution in [2.75, 3.05) is 28.4 Å². The predicted molar refractivity (Wildman–Crippen MR) is 106 cm³/mol. The minimum absolute atomic E-state index is 0.148. The van der Waals surface area contributed by atoms with E-state index >= 15 is 0 Å². The first-order chi connectivity index (χ1) is 14.0. The number of amides is 1. The smallest absolute Gasteiger partial charge is 0.257 e. The van der Waals surface area contributed by atoms with Crippen molar-refractivity contribution >= 4 is 5.91 Å². The molecule has 3 rings (SSSR count). The van der Waals surface area contributed by atoms with Crippen molar-refractivity contribution in [2.45, 2.75) is 13.5 Å². The highest BCUT2D eigenvalue weighted by molar-refractivity contribution is 5.97. The van der Waals surface area contributed by atoms with Gasteiger partial charge in [0.05, 0.1) is 26.9 Å². The summed E-state index contributed by atoms with van der Waals surface area (Å²) in [5, 5.41) is 4.00. The maximum Gasteiger partial charge on any atom is 0.257 e. The summed E-state index contributed by atoms with van der Waals surface area (Å²) in [5.74, 6) is 1.82. The highest BCUT2D eigenvalue weighted by Gasteiger charge is 2.22. The van der Waals surface area contributed by atoms with Gasteiger partial charge in [0.2, 0.25) is 11.7 Å². The average molecular weight is 397 g/mol. The molecule has 0 aliphatic carbocycles. The summed E-state index contributed by atoms with van der Waals surface area (Å²) in [6, 6.07) is 11.0. The minimum Gasteiger partial charge on any atom is -0.496 e. The number of rotatable bonds is 7. The normalized spacial score (nSPS) is 10.5. The minimum atomic E-state index is -0.280. The van der Waals surface area contributed by atoms with Crippen molar-refractivity contribution in [1.82, 2.24) is 15.0 Å². The molecule has 0 N–H and O–H groups in total. The van der Waals surface area contributed by atoms with Crippen molar-refractivity contribution < 1.29 is 23.5 Å². The van der Waals surface area contributed by atoms with E-state index in [1.807, 2.05) is 31.2 Å². The van der Waals surface area contributed by atoms with Crippen molar-refractivity contribution in [3.8, 4) is 28.6 Å². The van der Waals surface area contributed by atoms with Crippen LogP contribution in [0.25, 0.3) is 11.4 Å². The van der Waals surface area contributed by atoms with E-state index in [0.717, 1.165) is 11.1 Å². The van der Waals surface area contributed by atoms with Crippen LogP contribution in [0, 0.1) is 6.92 Å². The molecule has 8 nitrogen and oxygen atoms in total. The topological polar surface area (TPSA) is 86.9 Å². The van der Waals surface area contributed by atoms with Gasteiger partial charge >= 0.3 is 0 Å². The molecule has 1 heterocycles. The van der Waals surface area contributed by atoms with Gasteiger partial charge in [0.25, 0.3) is 5.91 Å². The summed E-state index contributed by atoms with van der Waals surface area (Å²) in [6.07, 6.45) is 0. The van der Waals surface area contributed by atoms with E-state index in [1.165, 1.54) is 26.2 Å². The number of aryl methyl sites for hydroxylation is 1. The lowest BCUT2D eigenvalue weighted by molar-refractivity contribution is 0.0765. The highest BCUT2D eigenvalue weighted by Crippen LogP contribution is 2.35. The van der Waals surface area contributed by atoms with E-state index < -0.39 is 0 Å². The van der Waals surface area contributed by atoms with Crippen LogP contribution in [0.1, 0.15) is 21.8 Å². The number of ether oxygens (including phenoxy) is 3. The van der Waals surface area contributed by atoms with Gasteiger partial charge in [-0.2, -0.15) is 4.98 Å². The second kappa shape index (κ2) is 8.64. The second-order valence-corrected chi connectivity index (χ2v) is 6.45. The third kappa shape index (κ3) is 4.31. The molecule has 1 aromatic heterocycles. The molecule has 2 aromatic carbocycles. The SMILES string of the molecule is COc1cc(OC)c(C(=O)N(C)Cc2nc(-c3ccc(C)cc3)no2)cc1OC. The van der Waals surface area contributed by atoms with Crippen molar-refractivity contribution in [3.63, 3.8) is 0 Å². The maximum absolute atomic E-state index is 13.0. The lowest BCUT2D eigenvalue weighted by atomic mass is 10.1. The van der Waals surface area contributed by atoms with Crippen LogP contribution in [-0.2, 0) is 6.54 Å². The lowest BCUT2D eigenvalue weighted by Gasteiger charge is -2.18. The van der Waals surface area contributed by atoms with E-state index in [9.17, 15) is 4.79 Å². The summed E-state index contributed by atoms with van der Waals surface area (Å²) in [7, 11) is 6.16. The van der Waals surface area contributed by atoms with Crippen LogP contribution in [0.2, 0.25) is 0 Å². The van der Waals surface area contributed by atoms with Gasteiger partial charge in [-0.1, -0.05) is 35.0 Å².